The van der Waals surface area contributed by atoms with Crippen LogP contribution in [0, 0.1) is 27.4 Å². The molecule has 4 bridgehead atoms. The molecule has 2 N–H and O–H groups in total. The number of nitrogens with zero attached hydrogens (tertiary/aromatic N) is 1. The quantitative estimate of drug-likeness (QED) is 0.290. The van der Waals surface area contributed by atoms with Crippen LogP contribution in [0.5, 0.6) is 0 Å². The molecule has 0 aliphatic heterocycles. The fraction of sp³-hybridized carbons (Fsp3) is 0.650. The Morgan fingerprint density at radius 2 is 1.81 bits per heavy atom. The maximum Gasteiger partial charge on any atom is 0.269 e. The lowest BCUT2D eigenvalue weighted by Gasteiger charge is -2.60. The number of halogens is 1. The minimum atomic E-state index is -0.411. The van der Waals surface area contributed by atoms with Crippen molar-refractivity contribution >= 4 is 33.2 Å². The highest BCUT2D eigenvalue weighted by Crippen LogP contribution is 2.65. The van der Waals surface area contributed by atoms with Crippen LogP contribution < -0.4 is 10.6 Å². The Bertz CT molecular complexity index is 722. The smallest absolute Gasteiger partial charge is 0.269 e. The van der Waals surface area contributed by atoms with Gasteiger partial charge in [0.05, 0.1) is 4.92 Å². The first kappa shape index (κ1) is 18.7. The molecule has 4 aliphatic carbocycles. The number of carbonyl (C=O) groups excluding carboxylic acids is 1. The maximum atomic E-state index is 12.5. The molecule has 4 aliphatic rings. The normalized spacial score (nSPS) is 33.7. The Balaban J connectivity index is 1.23. The van der Waals surface area contributed by atoms with Crippen molar-refractivity contribution in [3.05, 3.63) is 34.4 Å². The molecule has 0 heterocycles. The second kappa shape index (κ2) is 7.08. The van der Waals surface area contributed by atoms with Crippen molar-refractivity contribution in [3.8, 4) is 0 Å². The van der Waals surface area contributed by atoms with Crippen LogP contribution in [-0.4, -0.2) is 28.2 Å². The van der Waals surface area contributed by atoms with Crippen LogP contribution in [0.3, 0.4) is 0 Å². The molecular weight excluding hydrogens is 410 g/mol. The highest BCUT2D eigenvalue weighted by atomic mass is 79.9. The summed E-state index contributed by atoms with van der Waals surface area (Å²) in [5.41, 5.74) is 1.09. The van der Waals surface area contributed by atoms with Crippen molar-refractivity contribution < 1.29 is 9.72 Å². The second-order valence-electron chi connectivity index (χ2n) is 8.87. The number of non-ortho nitro benzene ring substituents is 1. The van der Waals surface area contributed by atoms with Crippen LogP contribution in [0.1, 0.15) is 44.9 Å². The summed E-state index contributed by atoms with van der Waals surface area (Å²) in [5.74, 6) is 1.74. The number of hydrogen-bond donors (Lipinski definition) is 2. The molecule has 146 valence electrons. The van der Waals surface area contributed by atoms with E-state index in [1.807, 2.05) is 0 Å². The number of alkyl halides is 1. The Labute approximate surface area is 167 Å². The van der Waals surface area contributed by atoms with Gasteiger partial charge in [-0.05, 0) is 67.9 Å². The molecule has 4 saturated carbocycles. The third-order valence-corrected chi connectivity index (χ3v) is 7.43. The first-order valence-electron chi connectivity index (χ1n) is 9.79. The van der Waals surface area contributed by atoms with Gasteiger partial charge in [0.25, 0.3) is 5.69 Å². The van der Waals surface area contributed by atoms with Crippen LogP contribution in [0.2, 0.25) is 0 Å². The number of amides is 1. The summed E-state index contributed by atoms with van der Waals surface area (Å²) in [7, 11) is 0. The third kappa shape index (κ3) is 4.13. The van der Waals surface area contributed by atoms with Crippen molar-refractivity contribution in [1.29, 1.82) is 0 Å². The number of benzene rings is 1. The molecule has 0 saturated heterocycles. The van der Waals surface area contributed by atoms with Gasteiger partial charge in [-0.25, -0.2) is 0 Å². The molecule has 2 atom stereocenters. The van der Waals surface area contributed by atoms with Crippen LogP contribution >= 0.6 is 15.9 Å². The third-order valence-electron chi connectivity index (χ3n) is 6.50. The molecule has 2 unspecified atom stereocenters. The highest BCUT2D eigenvalue weighted by molar-refractivity contribution is 9.10. The predicted octanol–water partition coefficient (Wildman–Crippen LogP) is 4.25. The van der Waals surface area contributed by atoms with E-state index in [4.69, 9.17) is 0 Å². The topological polar surface area (TPSA) is 84.3 Å². The van der Waals surface area contributed by atoms with E-state index < -0.39 is 4.92 Å². The zero-order chi connectivity index (χ0) is 19.1. The van der Waals surface area contributed by atoms with Gasteiger partial charge in [0.15, 0.2) is 0 Å². The summed E-state index contributed by atoms with van der Waals surface area (Å²) >= 11 is 4.00. The van der Waals surface area contributed by atoms with Gasteiger partial charge in [-0.2, -0.15) is 0 Å². The first-order valence-corrected chi connectivity index (χ1v) is 10.6. The summed E-state index contributed by atoms with van der Waals surface area (Å²) < 4.78 is 0.287. The fourth-order valence-corrected chi connectivity index (χ4v) is 7.57. The maximum absolute atomic E-state index is 12.5. The van der Waals surface area contributed by atoms with Gasteiger partial charge in [0.2, 0.25) is 5.91 Å². The number of rotatable bonds is 7. The first-order chi connectivity index (χ1) is 12.8. The lowest BCUT2D eigenvalue weighted by atomic mass is 9.48. The molecule has 1 aromatic carbocycles. The Morgan fingerprint density at radius 1 is 1.15 bits per heavy atom. The number of nitro groups is 1. The second-order valence-corrected chi connectivity index (χ2v) is 10.6. The Kier molecular flexibility index (Phi) is 4.91. The molecule has 0 radical (unpaired) electrons. The van der Waals surface area contributed by atoms with Crippen LogP contribution in [0.4, 0.5) is 11.4 Å². The molecule has 4 fully saturated rings. The summed E-state index contributed by atoms with van der Waals surface area (Å²) in [6.07, 6.45) is 8.14. The average Bonchev–Trinajstić information content (AvgIpc) is 2.56. The molecule has 1 aromatic rings. The van der Waals surface area contributed by atoms with Crippen molar-refractivity contribution in [2.24, 2.45) is 17.3 Å². The van der Waals surface area contributed by atoms with E-state index in [0.29, 0.717) is 19.5 Å². The minimum absolute atomic E-state index is 0.0778. The van der Waals surface area contributed by atoms with Gasteiger partial charge in [-0.15, -0.1) is 0 Å². The molecule has 1 amide bonds. The van der Waals surface area contributed by atoms with Crippen molar-refractivity contribution in [1.82, 2.24) is 5.32 Å². The minimum Gasteiger partial charge on any atom is -0.383 e. The van der Waals surface area contributed by atoms with E-state index in [2.05, 4.69) is 26.6 Å². The molecular formula is C20H26BrN3O3. The lowest BCUT2D eigenvalue weighted by Crippen LogP contribution is -2.54. The number of anilines is 1. The molecule has 0 spiro atoms. The van der Waals surface area contributed by atoms with Gasteiger partial charge >= 0.3 is 0 Å². The van der Waals surface area contributed by atoms with Gasteiger partial charge < -0.3 is 10.6 Å². The Hall–Kier alpha value is -1.63. The molecule has 5 rings (SSSR count). The molecule has 27 heavy (non-hydrogen) atoms. The lowest BCUT2D eigenvalue weighted by molar-refractivity contribution is -0.384. The van der Waals surface area contributed by atoms with E-state index in [9.17, 15) is 14.9 Å². The monoisotopic (exact) mass is 435 g/mol. The summed E-state index contributed by atoms with van der Waals surface area (Å²) in [5, 5.41) is 16.9. The molecule has 7 heteroatoms. The van der Waals surface area contributed by atoms with Crippen LogP contribution in [-0.2, 0) is 4.79 Å². The van der Waals surface area contributed by atoms with Crippen LogP contribution in [0.25, 0.3) is 0 Å². The zero-order valence-electron chi connectivity index (χ0n) is 15.4. The van der Waals surface area contributed by atoms with Crippen LogP contribution in [0.15, 0.2) is 24.3 Å². The molecule has 0 aromatic heterocycles. The van der Waals surface area contributed by atoms with E-state index in [1.54, 1.807) is 12.1 Å². The predicted molar refractivity (Wildman–Crippen MR) is 108 cm³/mol. The van der Waals surface area contributed by atoms with E-state index >= 15 is 0 Å². The van der Waals surface area contributed by atoms with Crippen molar-refractivity contribution in [3.63, 3.8) is 0 Å². The fourth-order valence-electron chi connectivity index (χ4n) is 6.06. The van der Waals surface area contributed by atoms with Gasteiger partial charge in [0, 0.05) is 41.7 Å². The van der Waals surface area contributed by atoms with Gasteiger partial charge in [-0.1, -0.05) is 15.9 Å². The number of hydrogen-bond acceptors (Lipinski definition) is 4. The summed E-state index contributed by atoms with van der Waals surface area (Å²) in [4.78, 5) is 22.8. The van der Waals surface area contributed by atoms with E-state index in [-0.39, 0.29) is 21.3 Å². The summed E-state index contributed by atoms with van der Waals surface area (Å²) in [6, 6.07) is 6.32. The van der Waals surface area contributed by atoms with E-state index in [0.717, 1.165) is 23.9 Å². The van der Waals surface area contributed by atoms with Crippen molar-refractivity contribution in [2.75, 3.05) is 18.4 Å². The van der Waals surface area contributed by atoms with Gasteiger partial charge in [0.1, 0.15) is 0 Å². The zero-order valence-corrected chi connectivity index (χ0v) is 17.0. The highest BCUT2D eigenvalue weighted by Gasteiger charge is 2.57. The summed E-state index contributed by atoms with van der Waals surface area (Å²) in [6.45, 7) is 1.16. The SMILES string of the molecule is O=C(CC12CC3CC(CC(Br)(C3)C1)C2)NCCNc1ccc([N+](=O)[O-])cc1. The Morgan fingerprint density at radius 3 is 2.41 bits per heavy atom. The number of carbonyl (C=O) groups is 1. The average molecular weight is 436 g/mol. The number of nitrogens with one attached hydrogen (secondary N) is 2. The molecule has 6 nitrogen and oxygen atoms in total. The van der Waals surface area contributed by atoms with Gasteiger partial charge in [-0.3, -0.25) is 14.9 Å². The van der Waals surface area contributed by atoms with E-state index in [1.165, 1.54) is 44.2 Å². The standard InChI is InChI=1S/C20H26BrN3O3/c21-20-10-14-7-15(11-20)9-19(8-14,13-20)12-18(25)23-6-5-22-16-1-3-17(4-2-16)24(26)27/h1-4,14-15,22H,5-13H2,(H,23,25). The number of nitro benzene ring substituents is 1. The largest absolute Gasteiger partial charge is 0.383 e. The van der Waals surface area contributed by atoms with Crippen molar-refractivity contribution in [2.45, 2.75) is 49.3 Å².